The summed E-state index contributed by atoms with van der Waals surface area (Å²) in [6.45, 7) is 3.13. The molecule has 2 aromatic carbocycles. The van der Waals surface area contributed by atoms with Gasteiger partial charge in [0.2, 0.25) is 5.88 Å². The number of hydrogen-bond acceptors (Lipinski definition) is 10. The van der Waals surface area contributed by atoms with Gasteiger partial charge in [-0.3, -0.25) is 13.9 Å². The minimum absolute atomic E-state index is 0.0418. The highest BCUT2D eigenvalue weighted by molar-refractivity contribution is 6.36. The van der Waals surface area contributed by atoms with E-state index in [1.54, 1.807) is 14.2 Å². The second-order valence-electron chi connectivity index (χ2n) is 12.3. The van der Waals surface area contributed by atoms with E-state index < -0.39 is 11.2 Å². The van der Waals surface area contributed by atoms with Crippen molar-refractivity contribution in [1.82, 2.24) is 24.3 Å². The summed E-state index contributed by atoms with van der Waals surface area (Å²) in [5.41, 5.74) is 12.7. The molecule has 5 aromatic rings. The first-order chi connectivity index (χ1) is 23.2. The van der Waals surface area contributed by atoms with Gasteiger partial charge in [-0.2, -0.15) is 5.10 Å². The second-order valence-corrected chi connectivity index (χ2v) is 12.7. The predicted octanol–water partition coefficient (Wildman–Crippen LogP) is 4.07. The molecule has 0 bridgehead atoms. The van der Waals surface area contributed by atoms with Crippen molar-refractivity contribution >= 4 is 34.0 Å². The number of methoxy groups -OCH3 is 1. The van der Waals surface area contributed by atoms with E-state index in [9.17, 15) is 9.59 Å². The Morgan fingerprint density at radius 2 is 1.83 bits per heavy atom. The topological polar surface area (TPSA) is 148 Å². The minimum Gasteiger partial charge on any atom is -0.481 e. The number of ether oxygens (including phenoxy) is 3. The average Bonchev–Trinajstić information content (AvgIpc) is 3.50. The predicted molar refractivity (Wildman–Crippen MR) is 184 cm³/mol. The lowest BCUT2D eigenvalue weighted by Gasteiger charge is -2.30. The molecule has 3 atom stereocenters. The molecule has 48 heavy (non-hydrogen) atoms. The van der Waals surface area contributed by atoms with Gasteiger partial charge in [0, 0.05) is 55.5 Å². The number of aromatic nitrogens is 5. The Kier molecular flexibility index (Phi) is 8.50. The van der Waals surface area contributed by atoms with Crippen LogP contribution in [0.15, 0.2) is 58.3 Å². The lowest BCUT2D eigenvalue weighted by molar-refractivity contribution is -0.0901. The molecule has 0 amide bonds. The van der Waals surface area contributed by atoms with Gasteiger partial charge in [0.05, 0.1) is 48.4 Å². The number of anilines is 2. The standard InChI is InChI=1S/C35H36ClN7O5/c1-18-21(7-6-10-26(18)39-32-30-28(16-38-41-32)42(2)35(45)43(3)34(30)44)22-8-5-9-23(31(22)36)27-14-19-13-20(15-24(19)33(40-27)46-4)48-29-17-47-12-11-25(29)37/h5-10,14,16,20,25,29H,11-13,15,17,37H2,1-4H3,(H,39,41)/t20?,25-,29+/m1/s1. The molecule has 248 valence electrons. The van der Waals surface area contributed by atoms with Crippen LogP contribution in [0.4, 0.5) is 11.5 Å². The number of pyridine rings is 1. The van der Waals surface area contributed by atoms with Gasteiger partial charge in [0.15, 0.2) is 5.82 Å². The number of halogens is 1. The summed E-state index contributed by atoms with van der Waals surface area (Å²) in [6.07, 6.45) is 3.41. The van der Waals surface area contributed by atoms with Crippen LogP contribution in [0.1, 0.15) is 23.1 Å². The molecule has 2 aliphatic rings. The Balaban J connectivity index is 1.22. The quantitative estimate of drug-likeness (QED) is 0.260. The number of aryl methyl sites for hydroxylation is 1. The minimum atomic E-state index is -0.461. The summed E-state index contributed by atoms with van der Waals surface area (Å²) in [7, 11) is 4.66. The van der Waals surface area contributed by atoms with Crippen LogP contribution in [-0.4, -0.2) is 62.9 Å². The van der Waals surface area contributed by atoms with E-state index in [4.69, 9.17) is 36.5 Å². The van der Waals surface area contributed by atoms with Gasteiger partial charge in [-0.15, -0.1) is 5.10 Å². The zero-order chi connectivity index (χ0) is 33.7. The molecular weight excluding hydrogens is 634 g/mol. The van der Waals surface area contributed by atoms with Crippen molar-refractivity contribution in [2.24, 2.45) is 19.8 Å². The van der Waals surface area contributed by atoms with Crippen LogP contribution >= 0.6 is 11.6 Å². The fraction of sp³-hybridized carbons (Fsp3) is 0.343. The van der Waals surface area contributed by atoms with Crippen LogP contribution in [0.25, 0.3) is 33.3 Å². The molecule has 1 aliphatic carbocycles. The number of nitrogens with one attached hydrogen (secondary N) is 1. The van der Waals surface area contributed by atoms with E-state index in [1.165, 1.54) is 17.8 Å². The summed E-state index contributed by atoms with van der Waals surface area (Å²) in [4.78, 5) is 30.5. The van der Waals surface area contributed by atoms with Crippen LogP contribution in [0.5, 0.6) is 5.88 Å². The van der Waals surface area contributed by atoms with Crippen LogP contribution in [0, 0.1) is 6.92 Å². The molecule has 4 heterocycles. The zero-order valence-corrected chi connectivity index (χ0v) is 27.9. The van der Waals surface area contributed by atoms with Crippen LogP contribution < -0.4 is 27.0 Å². The summed E-state index contributed by atoms with van der Waals surface area (Å²) in [6, 6.07) is 13.7. The highest BCUT2D eigenvalue weighted by atomic mass is 35.5. The van der Waals surface area contributed by atoms with Gasteiger partial charge in [-0.05, 0) is 48.6 Å². The molecule has 12 nitrogen and oxygen atoms in total. The van der Waals surface area contributed by atoms with E-state index in [2.05, 4.69) is 21.6 Å². The smallest absolute Gasteiger partial charge is 0.330 e. The summed E-state index contributed by atoms with van der Waals surface area (Å²) in [5, 5.41) is 12.4. The van der Waals surface area contributed by atoms with Crippen LogP contribution in [0.2, 0.25) is 5.02 Å². The molecule has 1 saturated heterocycles. The van der Waals surface area contributed by atoms with Crippen molar-refractivity contribution in [2.75, 3.05) is 25.6 Å². The highest BCUT2D eigenvalue weighted by Gasteiger charge is 2.32. The maximum atomic E-state index is 13.1. The van der Waals surface area contributed by atoms with Gasteiger partial charge < -0.3 is 25.3 Å². The van der Waals surface area contributed by atoms with Crippen LogP contribution in [-0.2, 0) is 36.4 Å². The summed E-state index contributed by atoms with van der Waals surface area (Å²) < 4.78 is 20.2. The fourth-order valence-corrected chi connectivity index (χ4v) is 7.03. The van der Waals surface area contributed by atoms with Crippen molar-refractivity contribution < 1.29 is 14.2 Å². The fourth-order valence-electron chi connectivity index (χ4n) is 6.70. The Hall–Kier alpha value is -4.62. The van der Waals surface area contributed by atoms with Gasteiger partial charge >= 0.3 is 5.69 Å². The number of rotatable bonds is 7. The zero-order valence-electron chi connectivity index (χ0n) is 27.1. The number of benzene rings is 2. The molecule has 13 heteroatoms. The van der Waals surface area contributed by atoms with Crippen molar-refractivity contribution in [1.29, 1.82) is 0 Å². The molecule has 1 unspecified atom stereocenters. The van der Waals surface area contributed by atoms with E-state index in [1.807, 2.05) is 43.3 Å². The average molecular weight is 670 g/mol. The lowest BCUT2D eigenvalue weighted by Crippen LogP contribution is -2.46. The molecular formula is C35H36ClN7O5. The maximum Gasteiger partial charge on any atom is 0.330 e. The summed E-state index contributed by atoms with van der Waals surface area (Å²) >= 11 is 7.18. The molecule has 0 spiro atoms. The third-order valence-corrected chi connectivity index (χ3v) is 9.82. The van der Waals surface area contributed by atoms with Crippen LogP contribution in [0.3, 0.4) is 0 Å². The van der Waals surface area contributed by atoms with E-state index >= 15 is 0 Å². The van der Waals surface area contributed by atoms with Crippen molar-refractivity contribution in [3.05, 3.63) is 91.2 Å². The van der Waals surface area contributed by atoms with Crippen molar-refractivity contribution in [3.63, 3.8) is 0 Å². The number of nitrogens with two attached hydrogens (primary N) is 1. The monoisotopic (exact) mass is 669 g/mol. The molecule has 1 aliphatic heterocycles. The lowest BCUT2D eigenvalue weighted by atomic mass is 9.96. The normalized spacial score (nSPS) is 19.0. The largest absolute Gasteiger partial charge is 0.481 e. The van der Waals surface area contributed by atoms with E-state index in [0.717, 1.165) is 44.4 Å². The third kappa shape index (κ3) is 5.54. The number of hydrogen-bond donors (Lipinski definition) is 2. The maximum absolute atomic E-state index is 13.1. The molecule has 3 aromatic heterocycles. The van der Waals surface area contributed by atoms with Gasteiger partial charge in [-0.1, -0.05) is 41.9 Å². The molecule has 0 radical (unpaired) electrons. The first-order valence-electron chi connectivity index (χ1n) is 15.8. The molecule has 1 fully saturated rings. The SMILES string of the molecule is COc1nc(-c2cccc(-c3cccc(Nc4nncc5c4c(=O)n(C)c(=O)n5C)c3C)c2Cl)cc2c1CC(O[C@H]1COCC[C@H]1N)C2. The second kappa shape index (κ2) is 12.8. The van der Waals surface area contributed by atoms with Gasteiger partial charge in [-0.25, -0.2) is 9.78 Å². The highest BCUT2D eigenvalue weighted by Crippen LogP contribution is 2.41. The first-order valence-corrected chi connectivity index (χ1v) is 16.2. The first kappa shape index (κ1) is 32.0. The number of nitrogens with zero attached hydrogens (tertiary/aromatic N) is 5. The summed E-state index contributed by atoms with van der Waals surface area (Å²) in [5.74, 6) is 0.806. The molecule has 3 N–H and O–H groups in total. The Morgan fingerprint density at radius 1 is 1.06 bits per heavy atom. The third-order valence-electron chi connectivity index (χ3n) is 9.41. The Morgan fingerprint density at radius 3 is 2.62 bits per heavy atom. The number of fused-ring (bicyclic) bond motifs is 2. The van der Waals surface area contributed by atoms with Crippen molar-refractivity contribution in [3.8, 4) is 28.3 Å². The molecule has 7 rings (SSSR count). The Bertz CT molecular complexity index is 2180. The van der Waals surface area contributed by atoms with E-state index in [0.29, 0.717) is 53.9 Å². The van der Waals surface area contributed by atoms with E-state index in [-0.39, 0.29) is 29.5 Å². The molecule has 0 saturated carbocycles. The van der Waals surface area contributed by atoms with Crippen molar-refractivity contribution in [2.45, 2.75) is 44.4 Å². The van der Waals surface area contributed by atoms with Gasteiger partial charge in [0.1, 0.15) is 5.39 Å². The van der Waals surface area contributed by atoms with Gasteiger partial charge in [0.25, 0.3) is 5.56 Å². The Labute approximate surface area is 281 Å².